The quantitative estimate of drug-likeness (QED) is 0.485. The minimum Gasteiger partial charge on any atom is -0.497 e. The number of ether oxygens (including phenoxy) is 1. The number of urea groups is 1. The summed E-state index contributed by atoms with van der Waals surface area (Å²) in [5.41, 5.74) is 4.13. The van der Waals surface area contributed by atoms with E-state index in [0.717, 1.165) is 46.3 Å². The van der Waals surface area contributed by atoms with Crippen LogP contribution < -0.4 is 4.74 Å². The lowest BCUT2D eigenvalue weighted by atomic mass is 9.93. The maximum atomic E-state index is 12.2. The van der Waals surface area contributed by atoms with Crippen LogP contribution in [0.25, 0.3) is 16.9 Å². The first-order valence-corrected chi connectivity index (χ1v) is 10.7. The molecule has 1 aromatic heterocycles. The van der Waals surface area contributed by atoms with Gasteiger partial charge >= 0.3 is 6.03 Å². The van der Waals surface area contributed by atoms with Crippen LogP contribution >= 0.6 is 0 Å². The molecule has 0 spiro atoms. The molecule has 7 heteroatoms. The molecule has 0 aliphatic carbocycles. The van der Waals surface area contributed by atoms with Crippen molar-refractivity contribution in [1.29, 1.82) is 0 Å². The molecule has 0 unspecified atom stereocenters. The molecule has 2 amide bonds. The Balaban J connectivity index is 1.61. The molecule has 1 fully saturated rings. The van der Waals surface area contributed by atoms with Crippen molar-refractivity contribution < 1.29 is 14.7 Å². The SMILES string of the molecule is CCN(O)C(=O)N1CCC(c2cc(-c3ccccc3)n(-c3ccc(OC)cc3)n2)CC1. The lowest BCUT2D eigenvalue weighted by Gasteiger charge is -2.32. The number of methoxy groups -OCH3 is 1. The van der Waals surface area contributed by atoms with E-state index >= 15 is 0 Å². The van der Waals surface area contributed by atoms with Crippen molar-refractivity contribution in [3.63, 3.8) is 0 Å². The number of benzene rings is 2. The Bertz CT molecular complexity index is 1010. The molecule has 7 nitrogen and oxygen atoms in total. The second-order valence-electron chi connectivity index (χ2n) is 7.69. The number of amides is 2. The summed E-state index contributed by atoms with van der Waals surface area (Å²) in [7, 11) is 1.66. The number of hydrogen-bond donors (Lipinski definition) is 1. The molecule has 0 saturated carbocycles. The highest BCUT2D eigenvalue weighted by atomic mass is 16.5. The summed E-state index contributed by atoms with van der Waals surface area (Å²) >= 11 is 0. The predicted molar refractivity (Wildman–Crippen MR) is 119 cm³/mol. The fourth-order valence-corrected chi connectivity index (χ4v) is 4.00. The number of likely N-dealkylation sites (tertiary alicyclic amines) is 1. The average molecular weight is 421 g/mol. The van der Waals surface area contributed by atoms with Gasteiger partial charge in [-0.2, -0.15) is 5.10 Å². The maximum absolute atomic E-state index is 12.2. The fourth-order valence-electron chi connectivity index (χ4n) is 4.00. The summed E-state index contributed by atoms with van der Waals surface area (Å²) in [5.74, 6) is 1.07. The first kappa shape index (κ1) is 20.9. The van der Waals surface area contributed by atoms with Gasteiger partial charge in [-0.05, 0) is 50.1 Å². The maximum Gasteiger partial charge on any atom is 0.343 e. The van der Waals surface area contributed by atoms with Gasteiger partial charge in [-0.25, -0.2) is 14.5 Å². The van der Waals surface area contributed by atoms with E-state index in [2.05, 4.69) is 18.2 Å². The number of rotatable bonds is 5. The minimum absolute atomic E-state index is 0.264. The second-order valence-corrected chi connectivity index (χ2v) is 7.69. The summed E-state index contributed by atoms with van der Waals surface area (Å²) in [6, 6.07) is 19.9. The van der Waals surface area contributed by atoms with Gasteiger partial charge in [0.1, 0.15) is 5.75 Å². The molecule has 4 rings (SSSR count). The van der Waals surface area contributed by atoms with Crippen LogP contribution in [0.15, 0.2) is 60.7 Å². The van der Waals surface area contributed by atoms with Crippen LogP contribution in [0.2, 0.25) is 0 Å². The molecular formula is C24H28N4O3. The molecule has 2 aromatic carbocycles. The van der Waals surface area contributed by atoms with Gasteiger partial charge in [-0.3, -0.25) is 5.21 Å². The summed E-state index contributed by atoms with van der Waals surface area (Å²) in [6.07, 6.45) is 1.63. The van der Waals surface area contributed by atoms with Crippen molar-refractivity contribution in [1.82, 2.24) is 19.7 Å². The third-order valence-corrected chi connectivity index (χ3v) is 5.82. The zero-order chi connectivity index (χ0) is 21.8. The molecule has 1 saturated heterocycles. The number of aromatic nitrogens is 2. The average Bonchev–Trinajstić information content (AvgIpc) is 3.29. The summed E-state index contributed by atoms with van der Waals surface area (Å²) < 4.78 is 7.27. The van der Waals surface area contributed by atoms with Crippen LogP contribution in [-0.4, -0.2) is 57.7 Å². The van der Waals surface area contributed by atoms with E-state index in [1.807, 2.05) is 47.1 Å². The largest absolute Gasteiger partial charge is 0.497 e. The zero-order valence-corrected chi connectivity index (χ0v) is 17.9. The van der Waals surface area contributed by atoms with Crippen LogP contribution in [0.4, 0.5) is 4.79 Å². The number of nitrogens with zero attached hydrogens (tertiary/aromatic N) is 4. The van der Waals surface area contributed by atoms with Crippen molar-refractivity contribution in [2.24, 2.45) is 0 Å². The van der Waals surface area contributed by atoms with Crippen molar-refractivity contribution in [3.05, 3.63) is 66.4 Å². The van der Waals surface area contributed by atoms with E-state index in [4.69, 9.17) is 9.84 Å². The Morgan fingerprint density at radius 1 is 1.13 bits per heavy atom. The molecular weight excluding hydrogens is 392 g/mol. The van der Waals surface area contributed by atoms with Crippen LogP contribution in [-0.2, 0) is 0 Å². The van der Waals surface area contributed by atoms with E-state index in [0.29, 0.717) is 13.1 Å². The molecule has 162 valence electrons. The van der Waals surface area contributed by atoms with Crippen molar-refractivity contribution in [2.75, 3.05) is 26.7 Å². The topological polar surface area (TPSA) is 70.8 Å². The third-order valence-electron chi connectivity index (χ3n) is 5.82. The van der Waals surface area contributed by atoms with E-state index in [9.17, 15) is 10.0 Å². The smallest absolute Gasteiger partial charge is 0.343 e. The molecule has 1 aliphatic rings. The van der Waals surface area contributed by atoms with Gasteiger partial charge in [0.25, 0.3) is 0 Å². The predicted octanol–water partition coefficient (Wildman–Crippen LogP) is 4.56. The van der Waals surface area contributed by atoms with Crippen molar-refractivity contribution in [3.8, 4) is 22.7 Å². The lowest BCUT2D eigenvalue weighted by molar-refractivity contribution is -0.0542. The van der Waals surface area contributed by atoms with Crippen molar-refractivity contribution in [2.45, 2.75) is 25.7 Å². The Morgan fingerprint density at radius 2 is 1.81 bits per heavy atom. The second kappa shape index (κ2) is 9.22. The van der Waals surface area contributed by atoms with Gasteiger partial charge in [0, 0.05) is 31.1 Å². The van der Waals surface area contributed by atoms with E-state index in [-0.39, 0.29) is 18.5 Å². The zero-order valence-electron chi connectivity index (χ0n) is 17.9. The normalized spacial score (nSPS) is 14.5. The van der Waals surface area contributed by atoms with Gasteiger partial charge in [0.05, 0.1) is 24.2 Å². The number of carbonyl (C=O) groups is 1. The van der Waals surface area contributed by atoms with E-state index in [1.165, 1.54) is 0 Å². The Labute approximate surface area is 182 Å². The Kier molecular flexibility index (Phi) is 6.23. The van der Waals surface area contributed by atoms with Gasteiger partial charge < -0.3 is 9.64 Å². The van der Waals surface area contributed by atoms with Crippen molar-refractivity contribution >= 4 is 6.03 Å². The summed E-state index contributed by atoms with van der Waals surface area (Å²) in [4.78, 5) is 13.9. The van der Waals surface area contributed by atoms with Crippen LogP contribution in [0.3, 0.4) is 0 Å². The highest BCUT2D eigenvalue weighted by molar-refractivity contribution is 5.73. The van der Waals surface area contributed by atoms with Gasteiger partial charge in [-0.15, -0.1) is 0 Å². The molecule has 0 atom stereocenters. The molecule has 1 aliphatic heterocycles. The summed E-state index contributed by atoms with van der Waals surface area (Å²) in [6.45, 7) is 3.25. The first-order chi connectivity index (χ1) is 15.1. The highest BCUT2D eigenvalue weighted by Crippen LogP contribution is 2.32. The fraction of sp³-hybridized carbons (Fsp3) is 0.333. The number of piperidine rings is 1. The van der Waals surface area contributed by atoms with Crippen LogP contribution in [0.5, 0.6) is 5.75 Å². The van der Waals surface area contributed by atoms with Gasteiger partial charge in [-0.1, -0.05) is 30.3 Å². The van der Waals surface area contributed by atoms with Gasteiger partial charge in [0.2, 0.25) is 0 Å². The first-order valence-electron chi connectivity index (χ1n) is 10.7. The van der Waals surface area contributed by atoms with Crippen LogP contribution in [0, 0.1) is 0 Å². The minimum atomic E-state index is -0.324. The number of hydrogen-bond acceptors (Lipinski definition) is 4. The number of hydroxylamine groups is 2. The summed E-state index contributed by atoms with van der Waals surface area (Å²) in [5, 5.41) is 15.4. The highest BCUT2D eigenvalue weighted by Gasteiger charge is 2.28. The third kappa shape index (κ3) is 4.41. The molecule has 1 N–H and O–H groups in total. The Morgan fingerprint density at radius 3 is 2.42 bits per heavy atom. The van der Waals surface area contributed by atoms with Gasteiger partial charge in [0.15, 0.2) is 0 Å². The molecule has 3 aromatic rings. The molecule has 0 radical (unpaired) electrons. The van der Waals surface area contributed by atoms with E-state index < -0.39 is 0 Å². The molecule has 0 bridgehead atoms. The monoisotopic (exact) mass is 420 g/mol. The molecule has 2 heterocycles. The Hall–Kier alpha value is -3.32. The van der Waals surface area contributed by atoms with Crippen LogP contribution in [0.1, 0.15) is 31.4 Å². The molecule has 31 heavy (non-hydrogen) atoms. The number of carbonyl (C=O) groups excluding carboxylic acids is 1. The standard InChI is InChI=1S/C24H28N4O3/c1-3-27(30)24(29)26-15-13-18(14-16-26)22-17-23(19-7-5-4-6-8-19)28(25-22)20-9-11-21(31-2)12-10-20/h4-12,17-18,30H,3,13-16H2,1-2H3. The van der Waals surface area contributed by atoms with E-state index in [1.54, 1.807) is 18.9 Å². The lowest BCUT2D eigenvalue weighted by Crippen LogP contribution is -2.45.